The molecule has 0 unspecified atom stereocenters. The van der Waals surface area contributed by atoms with Crippen molar-refractivity contribution in [2.45, 2.75) is 39.0 Å². The van der Waals surface area contributed by atoms with Crippen molar-refractivity contribution in [2.24, 2.45) is 11.1 Å². The standard InChI is InChI=1S/C15H21FN2S/c1-2-15(7-3-4-8-15)10-18-13-6-5-11(16)9-12(13)14(17)19/h5-6,9,18H,2-4,7-8,10H2,1H3,(H2,17,19). The van der Waals surface area contributed by atoms with E-state index in [0.717, 1.165) is 12.2 Å². The number of rotatable bonds is 5. The van der Waals surface area contributed by atoms with Gasteiger partial charge in [0, 0.05) is 17.8 Å². The summed E-state index contributed by atoms with van der Waals surface area (Å²) in [4.78, 5) is 0.235. The molecule has 0 radical (unpaired) electrons. The SMILES string of the molecule is CCC1(CNc2ccc(F)cc2C(N)=S)CCCC1. The molecule has 1 aliphatic rings. The fraction of sp³-hybridized carbons (Fsp3) is 0.533. The second-order valence-corrected chi connectivity index (χ2v) is 5.91. The Morgan fingerprint density at radius 1 is 1.42 bits per heavy atom. The van der Waals surface area contributed by atoms with E-state index in [1.165, 1.54) is 44.2 Å². The maximum Gasteiger partial charge on any atom is 0.124 e. The van der Waals surface area contributed by atoms with Crippen molar-refractivity contribution in [1.82, 2.24) is 0 Å². The van der Waals surface area contributed by atoms with Gasteiger partial charge < -0.3 is 11.1 Å². The normalized spacial score (nSPS) is 17.4. The van der Waals surface area contributed by atoms with Gasteiger partial charge in [0.15, 0.2) is 0 Å². The molecule has 2 rings (SSSR count). The first-order chi connectivity index (χ1) is 9.06. The van der Waals surface area contributed by atoms with Crippen molar-refractivity contribution >= 4 is 22.9 Å². The average molecular weight is 280 g/mol. The number of anilines is 1. The zero-order chi connectivity index (χ0) is 13.9. The van der Waals surface area contributed by atoms with Crippen LogP contribution in [-0.2, 0) is 0 Å². The van der Waals surface area contributed by atoms with Crippen LogP contribution < -0.4 is 11.1 Å². The Kier molecular flexibility index (Phi) is 4.40. The van der Waals surface area contributed by atoms with E-state index in [9.17, 15) is 4.39 Å². The van der Waals surface area contributed by atoms with Crippen molar-refractivity contribution in [3.05, 3.63) is 29.6 Å². The van der Waals surface area contributed by atoms with E-state index in [1.807, 2.05) is 0 Å². The highest BCUT2D eigenvalue weighted by atomic mass is 32.1. The van der Waals surface area contributed by atoms with Crippen molar-refractivity contribution in [2.75, 3.05) is 11.9 Å². The predicted molar refractivity (Wildman–Crippen MR) is 82.0 cm³/mol. The van der Waals surface area contributed by atoms with Crippen LogP contribution in [0.2, 0.25) is 0 Å². The number of nitrogens with one attached hydrogen (secondary N) is 1. The summed E-state index contributed by atoms with van der Waals surface area (Å²) in [5.41, 5.74) is 7.47. The molecule has 0 atom stereocenters. The molecule has 0 spiro atoms. The zero-order valence-electron chi connectivity index (χ0n) is 11.3. The molecule has 1 aromatic carbocycles. The van der Waals surface area contributed by atoms with E-state index < -0.39 is 0 Å². The summed E-state index contributed by atoms with van der Waals surface area (Å²) in [5.74, 6) is -0.306. The van der Waals surface area contributed by atoms with Crippen molar-refractivity contribution in [3.63, 3.8) is 0 Å². The van der Waals surface area contributed by atoms with Crippen molar-refractivity contribution in [3.8, 4) is 0 Å². The first-order valence-corrected chi connectivity index (χ1v) is 7.30. The fourth-order valence-electron chi connectivity index (χ4n) is 2.94. The van der Waals surface area contributed by atoms with E-state index in [2.05, 4.69) is 12.2 Å². The monoisotopic (exact) mass is 280 g/mol. The maximum atomic E-state index is 13.2. The number of halogens is 1. The summed E-state index contributed by atoms with van der Waals surface area (Å²) >= 11 is 4.99. The Balaban J connectivity index is 2.13. The molecule has 104 valence electrons. The van der Waals surface area contributed by atoms with Gasteiger partial charge in [-0.2, -0.15) is 0 Å². The summed E-state index contributed by atoms with van der Waals surface area (Å²) in [6.45, 7) is 3.15. The molecular weight excluding hydrogens is 259 g/mol. The van der Waals surface area contributed by atoms with E-state index in [1.54, 1.807) is 6.07 Å². The second kappa shape index (κ2) is 5.87. The maximum absolute atomic E-state index is 13.2. The van der Waals surface area contributed by atoms with Gasteiger partial charge in [-0.25, -0.2) is 4.39 Å². The van der Waals surface area contributed by atoms with Gasteiger partial charge in [0.05, 0.1) is 0 Å². The lowest BCUT2D eigenvalue weighted by Gasteiger charge is -2.28. The Morgan fingerprint density at radius 2 is 2.11 bits per heavy atom. The molecule has 2 nitrogen and oxygen atoms in total. The Labute approximate surface area is 119 Å². The molecule has 3 N–H and O–H groups in total. The summed E-state index contributed by atoms with van der Waals surface area (Å²) in [5, 5.41) is 3.42. The van der Waals surface area contributed by atoms with Gasteiger partial charge >= 0.3 is 0 Å². The Morgan fingerprint density at radius 3 is 2.68 bits per heavy atom. The van der Waals surface area contributed by atoms with E-state index in [0.29, 0.717) is 11.0 Å². The fourth-order valence-corrected chi connectivity index (χ4v) is 3.11. The van der Waals surface area contributed by atoms with Crippen LogP contribution in [0.4, 0.5) is 10.1 Å². The smallest absolute Gasteiger partial charge is 0.124 e. The van der Waals surface area contributed by atoms with Gasteiger partial charge in [0.2, 0.25) is 0 Å². The van der Waals surface area contributed by atoms with Gasteiger partial charge in [-0.1, -0.05) is 32.0 Å². The molecule has 1 saturated carbocycles. The third kappa shape index (κ3) is 3.24. The highest BCUT2D eigenvalue weighted by Crippen LogP contribution is 2.41. The van der Waals surface area contributed by atoms with Gasteiger partial charge in [0.25, 0.3) is 0 Å². The van der Waals surface area contributed by atoms with Gasteiger partial charge in [-0.05, 0) is 42.9 Å². The molecular formula is C15H21FN2S. The molecule has 0 aliphatic heterocycles. The van der Waals surface area contributed by atoms with Crippen molar-refractivity contribution < 1.29 is 4.39 Å². The van der Waals surface area contributed by atoms with Gasteiger partial charge in [-0.15, -0.1) is 0 Å². The molecule has 1 aliphatic carbocycles. The summed E-state index contributed by atoms with van der Waals surface area (Å²) in [6, 6.07) is 4.57. The quantitative estimate of drug-likeness (QED) is 0.805. The molecule has 0 aromatic heterocycles. The lowest BCUT2D eigenvalue weighted by atomic mass is 9.83. The minimum atomic E-state index is -0.306. The van der Waals surface area contributed by atoms with Crippen LogP contribution in [0, 0.1) is 11.2 Å². The van der Waals surface area contributed by atoms with Crippen LogP contribution in [-0.4, -0.2) is 11.5 Å². The molecule has 4 heteroatoms. The summed E-state index contributed by atoms with van der Waals surface area (Å²) in [6.07, 6.45) is 6.31. The number of hydrogen-bond donors (Lipinski definition) is 2. The average Bonchev–Trinajstić information content (AvgIpc) is 2.86. The zero-order valence-corrected chi connectivity index (χ0v) is 12.2. The van der Waals surface area contributed by atoms with Crippen LogP contribution in [0.15, 0.2) is 18.2 Å². The second-order valence-electron chi connectivity index (χ2n) is 5.47. The number of hydrogen-bond acceptors (Lipinski definition) is 2. The summed E-state index contributed by atoms with van der Waals surface area (Å²) < 4.78 is 13.2. The van der Waals surface area contributed by atoms with Crippen LogP contribution in [0.3, 0.4) is 0 Å². The first-order valence-electron chi connectivity index (χ1n) is 6.89. The molecule has 0 heterocycles. The minimum absolute atomic E-state index is 0.235. The van der Waals surface area contributed by atoms with Crippen LogP contribution in [0.5, 0.6) is 0 Å². The Bertz CT molecular complexity index is 467. The van der Waals surface area contributed by atoms with Crippen LogP contribution in [0.1, 0.15) is 44.6 Å². The van der Waals surface area contributed by atoms with E-state index in [-0.39, 0.29) is 10.8 Å². The molecule has 0 saturated heterocycles. The van der Waals surface area contributed by atoms with E-state index in [4.69, 9.17) is 18.0 Å². The number of benzene rings is 1. The number of nitrogens with two attached hydrogens (primary N) is 1. The lowest BCUT2D eigenvalue weighted by molar-refractivity contribution is 0.307. The van der Waals surface area contributed by atoms with Gasteiger partial charge in [0.1, 0.15) is 10.8 Å². The highest BCUT2D eigenvalue weighted by molar-refractivity contribution is 7.80. The largest absolute Gasteiger partial charge is 0.389 e. The topological polar surface area (TPSA) is 38.0 Å². The minimum Gasteiger partial charge on any atom is -0.389 e. The first kappa shape index (κ1) is 14.3. The predicted octanol–water partition coefficient (Wildman–Crippen LogP) is 3.84. The third-order valence-corrected chi connectivity index (χ3v) is 4.54. The molecule has 0 amide bonds. The Hall–Kier alpha value is -1.16. The molecule has 0 bridgehead atoms. The lowest BCUT2D eigenvalue weighted by Crippen LogP contribution is -2.27. The molecule has 1 aromatic rings. The van der Waals surface area contributed by atoms with Crippen LogP contribution in [0.25, 0.3) is 0 Å². The van der Waals surface area contributed by atoms with E-state index >= 15 is 0 Å². The molecule has 19 heavy (non-hydrogen) atoms. The van der Waals surface area contributed by atoms with Crippen molar-refractivity contribution in [1.29, 1.82) is 0 Å². The third-order valence-electron chi connectivity index (χ3n) is 4.32. The highest BCUT2D eigenvalue weighted by Gasteiger charge is 2.31. The number of thiocarbonyl (C=S) groups is 1. The summed E-state index contributed by atoms with van der Waals surface area (Å²) in [7, 11) is 0. The van der Waals surface area contributed by atoms with Crippen LogP contribution >= 0.6 is 12.2 Å². The molecule has 1 fully saturated rings. The van der Waals surface area contributed by atoms with Gasteiger partial charge in [-0.3, -0.25) is 0 Å².